The van der Waals surface area contributed by atoms with Gasteiger partial charge < -0.3 is 15.0 Å². The Labute approximate surface area is 126 Å². The van der Waals surface area contributed by atoms with Gasteiger partial charge in [-0.1, -0.05) is 21.1 Å². The van der Waals surface area contributed by atoms with Crippen molar-refractivity contribution in [1.29, 1.82) is 0 Å². The van der Waals surface area contributed by atoms with Gasteiger partial charge in [-0.25, -0.2) is 0 Å². The number of hydrogen-bond donors (Lipinski definition) is 1. The van der Waals surface area contributed by atoms with E-state index in [-0.39, 0.29) is 6.04 Å². The van der Waals surface area contributed by atoms with Crippen molar-refractivity contribution in [2.24, 2.45) is 5.73 Å². The van der Waals surface area contributed by atoms with Crippen LogP contribution in [-0.2, 0) is 4.74 Å². The van der Waals surface area contributed by atoms with Crippen LogP contribution in [0.4, 0.5) is 0 Å². The molecule has 6 heteroatoms. The fourth-order valence-corrected chi connectivity index (χ4v) is 2.42. The Kier molecular flexibility index (Phi) is 5.28. The second-order valence-corrected chi connectivity index (χ2v) is 5.57. The number of ether oxygens (including phenoxy) is 1. The molecule has 1 unspecified atom stereocenters. The third kappa shape index (κ3) is 3.65. The maximum absolute atomic E-state index is 6.03. The summed E-state index contributed by atoms with van der Waals surface area (Å²) in [7, 11) is 1.67. The quantitative estimate of drug-likeness (QED) is 0.817. The highest BCUT2D eigenvalue weighted by atomic mass is 79.9. The molecule has 0 spiro atoms. The minimum absolute atomic E-state index is 0.248. The maximum atomic E-state index is 6.03. The summed E-state index contributed by atoms with van der Waals surface area (Å²) in [4.78, 5) is 4.39. The van der Waals surface area contributed by atoms with E-state index in [2.05, 4.69) is 26.1 Å². The molecule has 0 radical (unpaired) electrons. The molecule has 2 rings (SSSR count). The first-order valence-electron chi connectivity index (χ1n) is 6.46. The minimum atomic E-state index is -0.248. The van der Waals surface area contributed by atoms with E-state index in [0.29, 0.717) is 18.3 Å². The van der Waals surface area contributed by atoms with E-state index < -0.39 is 0 Å². The Hall–Kier alpha value is -1.24. The summed E-state index contributed by atoms with van der Waals surface area (Å²) in [6.45, 7) is 2.69. The summed E-state index contributed by atoms with van der Waals surface area (Å²) in [6, 6.07) is 5.69. The van der Waals surface area contributed by atoms with E-state index in [1.807, 2.05) is 25.1 Å². The zero-order chi connectivity index (χ0) is 14.5. The minimum Gasteiger partial charge on any atom is -0.385 e. The Morgan fingerprint density at radius 1 is 1.45 bits per heavy atom. The molecule has 1 aromatic carbocycles. The average molecular weight is 340 g/mol. The SMILES string of the molecule is COCCCC(N)c1nc(-c2ccc(Br)cc2C)no1. The van der Waals surface area contributed by atoms with Crippen molar-refractivity contribution >= 4 is 15.9 Å². The van der Waals surface area contributed by atoms with Crippen LogP contribution in [-0.4, -0.2) is 23.9 Å². The van der Waals surface area contributed by atoms with Gasteiger partial charge >= 0.3 is 0 Å². The highest BCUT2D eigenvalue weighted by Crippen LogP contribution is 2.25. The molecule has 0 saturated heterocycles. The highest BCUT2D eigenvalue weighted by Gasteiger charge is 2.16. The van der Waals surface area contributed by atoms with E-state index in [1.54, 1.807) is 7.11 Å². The Morgan fingerprint density at radius 3 is 2.95 bits per heavy atom. The van der Waals surface area contributed by atoms with Gasteiger partial charge in [-0.2, -0.15) is 4.98 Å². The van der Waals surface area contributed by atoms with E-state index >= 15 is 0 Å². The molecule has 0 aliphatic carbocycles. The molecule has 0 amide bonds. The van der Waals surface area contributed by atoms with Gasteiger partial charge in [0, 0.05) is 23.8 Å². The van der Waals surface area contributed by atoms with Gasteiger partial charge in [0.2, 0.25) is 11.7 Å². The van der Waals surface area contributed by atoms with E-state index in [0.717, 1.165) is 28.4 Å². The lowest BCUT2D eigenvalue weighted by Gasteiger charge is -2.05. The van der Waals surface area contributed by atoms with Gasteiger partial charge in [-0.05, 0) is 43.5 Å². The predicted molar refractivity (Wildman–Crippen MR) is 80.2 cm³/mol. The summed E-state index contributed by atoms with van der Waals surface area (Å²) in [6.07, 6.45) is 1.63. The standard InChI is InChI=1S/C14H18BrN3O2/c1-9-8-10(15)5-6-11(9)13-17-14(20-18-13)12(16)4-3-7-19-2/h5-6,8,12H,3-4,7,16H2,1-2H3. The van der Waals surface area contributed by atoms with Crippen molar-refractivity contribution in [3.05, 3.63) is 34.1 Å². The molecule has 2 aromatic rings. The van der Waals surface area contributed by atoms with Crippen molar-refractivity contribution in [2.45, 2.75) is 25.8 Å². The molecule has 2 N–H and O–H groups in total. The van der Waals surface area contributed by atoms with Crippen LogP contribution in [0.3, 0.4) is 0 Å². The molecule has 0 fully saturated rings. The van der Waals surface area contributed by atoms with Gasteiger partial charge in [-0.15, -0.1) is 0 Å². The third-order valence-corrected chi connectivity index (χ3v) is 3.55. The fourth-order valence-electron chi connectivity index (χ4n) is 1.94. The normalized spacial score (nSPS) is 12.6. The number of benzene rings is 1. The van der Waals surface area contributed by atoms with Gasteiger partial charge in [0.25, 0.3) is 0 Å². The van der Waals surface area contributed by atoms with Crippen molar-refractivity contribution in [3.63, 3.8) is 0 Å². The van der Waals surface area contributed by atoms with Crippen LogP contribution >= 0.6 is 15.9 Å². The third-order valence-electron chi connectivity index (χ3n) is 3.05. The zero-order valence-corrected chi connectivity index (χ0v) is 13.2. The van der Waals surface area contributed by atoms with Crippen molar-refractivity contribution in [1.82, 2.24) is 10.1 Å². The van der Waals surface area contributed by atoms with Crippen LogP contribution in [0.5, 0.6) is 0 Å². The van der Waals surface area contributed by atoms with Gasteiger partial charge in [-0.3, -0.25) is 0 Å². The van der Waals surface area contributed by atoms with Crippen LogP contribution < -0.4 is 5.73 Å². The smallest absolute Gasteiger partial charge is 0.243 e. The molecule has 0 saturated carbocycles. The molecule has 1 aromatic heterocycles. The van der Waals surface area contributed by atoms with Gasteiger partial charge in [0.05, 0.1) is 6.04 Å². The largest absolute Gasteiger partial charge is 0.385 e. The number of nitrogens with zero attached hydrogens (tertiary/aromatic N) is 2. The highest BCUT2D eigenvalue weighted by molar-refractivity contribution is 9.10. The summed E-state index contributed by atoms with van der Waals surface area (Å²) < 4.78 is 11.3. The van der Waals surface area contributed by atoms with Crippen LogP contribution in [0.2, 0.25) is 0 Å². The predicted octanol–water partition coefficient (Wildman–Crippen LogP) is 3.23. The number of hydrogen-bond acceptors (Lipinski definition) is 5. The van der Waals surface area contributed by atoms with Crippen molar-refractivity contribution in [3.8, 4) is 11.4 Å². The fraction of sp³-hybridized carbons (Fsp3) is 0.429. The summed E-state index contributed by atoms with van der Waals surface area (Å²) in [5.74, 6) is 1.05. The molecular weight excluding hydrogens is 322 g/mol. The number of aryl methyl sites for hydroxylation is 1. The first-order valence-corrected chi connectivity index (χ1v) is 7.25. The summed E-state index contributed by atoms with van der Waals surface area (Å²) in [5.41, 5.74) is 8.06. The second-order valence-electron chi connectivity index (χ2n) is 4.66. The molecule has 0 aliphatic rings. The molecule has 20 heavy (non-hydrogen) atoms. The average Bonchev–Trinajstić information content (AvgIpc) is 2.88. The molecule has 0 bridgehead atoms. The number of aromatic nitrogens is 2. The maximum Gasteiger partial charge on any atom is 0.243 e. The van der Waals surface area contributed by atoms with E-state index in [1.165, 1.54) is 0 Å². The zero-order valence-electron chi connectivity index (χ0n) is 11.6. The Bertz CT molecular complexity index is 571. The van der Waals surface area contributed by atoms with Gasteiger partial charge in [0.15, 0.2) is 0 Å². The number of halogens is 1. The molecule has 1 heterocycles. The van der Waals surface area contributed by atoms with Crippen LogP contribution in [0, 0.1) is 6.92 Å². The molecule has 0 aliphatic heterocycles. The van der Waals surface area contributed by atoms with E-state index in [9.17, 15) is 0 Å². The lowest BCUT2D eigenvalue weighted by molar-refractivity contribution is 0.188. The summed E-state index contributed by atoms with van der Waals surface area (Å²) in [5, 5.41) is 4.01. The lowest BCUT2D eigenvalue weighted by atomic mass is 10.1. The van der Waals surface area contributed by atoms with Crippen LogP contribution in [0.1, 0.15) is 30.3 Å². The first-order chi connectivity index (χ1) is 9.61. The molecule has 5 nitrogen and oxygen atoms in total. The first kappa shape index (κ1) is 15.2. The molecular formula is C14H18BrN3O2. The van der Waals surface area contributed by atoms with Crippen LogP contribution in [0.25, 0.3) is 11.4 Å². The lowest BCUT2D eigenvalue weighted by Crippen LogP contribution is -2.11. The van der Waals surface area contributed by atoms with Gasteiger partial charge in [0.1, 0.15) is 0 Å². The molecule has 108 valence electrons. The number of methoxy groups -OCH3 is 1. The monoisotopic (exact) mass is 339 g/mol. The second kappa shape index (κ2) is 6.97. The summed E-state index contributed by atoms with van der Waals surface area (Å²) >= 11 is 3.44. The topological polar surface area (TPSA) is 74.2 Å². The number of rotatable bonds is 6. The number of nitrogens with two attached hydrogens (primary N) is 1. The van der Waals surface area contributed by atoms with Crippen molar-refractivity contribution in [2.75, 3.05) is 13.7 Å². The van der Waals surface area contributed by atoms with Crippen molar-refractivity contribution < 1.29 is 9.26 Å². The Morgan fingerprint density at radius 2 is 2.25 bits per heavy atom. The Balaban J connectivity index is 2.12. The van der Waals surface area contributed by atoms with E-state index in [4.69, 9.17) is 15.0 Å². The molecule has 1 atom stereocenters. The van der Waals surface area contributed by atoms with Crippen LogP contribution in [0.15, 0.2) is 27.2 Å².